The Bertz CT molecular complexity index is 639. The van der Waals surface area contributed by atoms with Gasteiger partial charge in [0.05, 0.1) is 24.1 Å². The summed E-state index contributed by atoms with van der Waals surface area (Å²) < 4.78 is 42.6. The maximum Gasteiger partial charge on any atom is 0.416 e. The molecule has 0 aromatic heterocycles. The Morgan fingerprint density at radius 2 is 1.96 bits per heavy atom. The fourth-order valence-corrected chi connectivity index (χ4v) is 2.78. The van der Waals surface area contributed by atoms with Crippen molar-refractivity contribution in [2.24, 2.45) is 5.41 Å². The number of nitrogens with one attached hydrogen (secondary N) is 2. The average molecular weight is 342 g/mol. The van der Waals surface area contributed by atoms with Gasteiger partial charge in [0, 0.05) is 0 Å². The summed E-state index contributed by atoms with van der Waals surface area (Å²) in [6, 6.07) is 4.90. The van der Waals surface area contributed by atoms with E-state index >= 15 is 0 Å². The van der Waals surface area contributed by atoms with Gasteiger partial charge in [-0.15, -0.1) is 0 Å². The van der Waals surface area contributed by atoms with Crippen LogP contribution in [0.5, 0.6) is 0 Å². The van der Waals surface area contributed by atoms with Crippen LogP contribution in [0.25, 0.3) is 0 Å². The quantitative estimate of drug-likeness (QED) is 0.862. The van der Waals surface area contributed by atoms with E-state index in [1.807, 2.05) is 0 Å². The molecule has 5 nitrogen and oxygen atoms in total. The highest BCUT2D eigenvalue weighted by Gasteiger charge is 2.49. The number of rotatable bonds is 5. The molecule has 2 fully saturated rings. The zero-order valence-electron chi connectivity index (χ0n) is 12.8. The van der Waals surface area contributed by atoms with E-state index in [9.17, 15) is 22.8 Å². The Hall–Kier alpha value is -2.25. The molecule has 1 atom stereocenters. The van der Waals surface area contributed by atoms with Gasteiger partial charge in [-0.25, -0.2) is 4.79 Å². The van der Waals surface area contributed by atoms with Crippen LogP contribution in [0.1, 0.15) is 24.0 Å². The first-order valence-corrected chi connectivity index (χ1v) is 7.67. The minimum absolute atomic E-state index is 0.148. The highest BCUT2D eigenvalue weighted by molar-refractivity contribution is 5.85. The molecule has 1 aliphatic carbocycles. The first-order valence-electron chi connectivity index (χ1n) is 7.67. The number of ether oxygens (including phenoxy) is 1. The molecular weight excluding hydrogens is 325 g/mol. The summed E-state index contributed by atoms with van der Waals surface area (Å²) in [6.07, 6.45) is -3.45. The number of cyclic esters (lactones) is 1. The lowest BCUT2D eigenvalue weighted by Gasteiger charge is -2.17. The van der Waals surface area contributed by atoms with E-state index in [4.69, 9.17) is 4.74 Å². The van der Waals surface area contributed by atoms with Crippen molar-refractivity contribution in [2.75, 3.05) is 13.1 Å². The summed E-state index contributed by atoms with van der Waals surface area (Å²) in [6.45, 7) is 0.581. The maximum atomic E-state index is 12.6. The minimum atomic E-state index is -4.36. The van der Waals surface area contributed by atoms with Crippen LogP contribution < -0.4 is 10.6 Å². The normalized spacial score (nSPS) is 21.8. The van der Waals surface area contributed by atoms with E-state index in [1.54, 1.807) is 0 Å². The fourth-order valence-electron chi connectivity index (χ4n) is 2.78. The largest absolute Gasteiger partial charge is 0.442 e. The second-order valence-corrected chi connectivity index (χ2v) is 6.27. The molecule has 3 rings (SSSR count). The number of amides is 2. The number of hydrogen-bond acceptors (Lipinski definition) is 3. The van der Waals surface area contributed by atoms with Crippen LogP contribution in [0.4, 0.5) is 18.0 Å². The number of carbonyl (C=O) groups is 2. The van der Waals surface area contributed by atoms with Crippen LogP contribution in [-0.2, 0) is 22.1 Å². The van der Waals surface area contributed by atoms with Crippen molar-refractivity contribution in [1.29, 1.82) is 0 Å². The van der Waals surface area contributed by atoms with E-state index in [0.29, 0.717) is 31.4 Å². The van der Waals surface area contributed by atoms with E-state index in [2.05, 4.69) is 10.6 Å². The average Bonchev–Trinajstić information content (AvgIpc) is 3.18. The van der Waals surface area contributed by atoms with Crippen LogP contribution in [-0.4, -0.2) is 31.2 Å². The Balaban J connectivity index is 1.56. The molecule has 130 valence electrons. The summed E-state index contributed by atoms with van der Waals surface area (Å²) in [7, 11) is 0. The standard InChI is InChI=1S/C16H17F3N2O3/c17-16(18,19)11-3-1-10(2-4-11)7-15(5-6-15)13(22)20-8-12-9-21-14(23)24-12/h1-4,12H,5-9H2,(H,20,22)(H,21,23). The van der Waals surface area contributed by atoms with Crippen molar-refractivity contribution in [2.45, 2.75) is 31.5 Å². The number of halogens is 3. The number of alkyl carbamates (subject to hydrolysis) is 1. The van der Waals surface area contributed by atoms with Crippen LogP contribution in [0.15, 0.2) is 24.3 Å². The molecule has 1 aromatic carbocycles. The Morgan fingerprint density at radius 1 is 1.29 bits per heavy atom. The number of carbonyl (C=O) groups excluding carboxylic acids is 2. The van der Waals surface area contributed by atoms with E-state index in [0.717, 1.165) is 12.1 Å². The molecule has 1 aliphatic heterocycles. The molecule has 2 aliphatic rings. The predicted octanol–water partition coefficient (Wildman–Crippen LogP) is 2.25. The van der Waals surface area contributed by atoms with Crippen molar-refractivity contribution in [3.63, 3.8) is 0 Å². The van der Waals surface area contributed by atoms with Gasteiger partial charge in [0.15, 0.2) is 0 Å². The molecule has 1 heterocycles. The van der Waals surface area contributed by atoms with Crippen molar-refractivity contribution in [1.82, 2.24) is 10.6 Å². The van der Waals surface area contributed by atoms with Gasteiger partial charge in [0.25, 0.3) is 0 Å². The van der Waals surface area contributed by atoms with Gasteiger partial charge in [-0.1, -0.05) is 12.1 Å². The second kappa shape index (κ2) is 5.99. The number of hydrogen-bond donors (Lipinski definition) is 2. The van der Waals surface area contributed by atoms with Gasteiger partial charge in [-0.3, -0.25) is 4.79 Å². The summed E-state index contributed by atoms with van der Waals surface area (Å²) >= 11 is 0. The third kappa shape index (κ3) is 3.63. The maximum absolute atomic E-state index is 12.6. The Labute approximate surface area is 136 Å². The molecule has 2 amide bonds. The van der Waals surface area contributed by atoms with Crippen LogP contribution in [0.3, 0.4) is 0 Å². The monoisotopic (exact) mass is 342 g/mol. The first kappa shape index (κ1) is 16.6. The van der Waals surface area contributed by atoms with E-state index in [-0.39, 0.29) is 18.6 Å². The molecule has 0 bridgehead atoms. The SMILES string of the molecule is O=C1NCC(CNC(=O)C2(Cc3ccc(C(F)(F)F)cc3)CC2)O1. The summed E-state index contributed by atoms with van der Waals surface area (Å²) in [4.78, 5) is 23.3. The lowest BCUT2D eigenvalue weighted by molar-refractivity contribution is -0.137. The van der Waals surface area contributed by atoms with Gasteiger partial charge in [0.2, 0.25) is 5.91 Å². The van der Waals surface area contributed by atoms with Gasteiger partial charge in [-0.2, -0.15) is 13.2 Å². The van der Waals surface area contributed by atoms with Gasteiger partial charge < -0.3 is 15.4 Å². The number of alkyl halides is 3. The molecule has 8 heteroatoms. The molecule has 1 aromatic rings. The molecule has 0 radical (unpaired) electrons. The Morgan fingerprint density at radius 3 is 2.46 bits per heavy atom. The van der Waals surface area contributed by atoms with Crippen LogP contribution in [0.2, 0.25) is 0 Å². The highest BCUT2D eigenvalue weighted by atomic mass is 19.4. The van der Waals surface area contributed by atoms with Crippen molar-refractivity contribution < 1.29 is 27.5 Å². The minimum Gasteiger partial charge on any atom is -0.442 e. The lowest BCUT2D eigenvalue weighted by atomic mass is 9.95. The molecule has 24 heavy (non-hydrogen) atoms. The zero-order valence-corrected chi connectivity index (χ0v) is 12.8. The highest BCUT2D eigenvalue weighted by Crippen LogP contribution is 2.48. The molecule has 1 saturated heterocycles. The van der Waals surface area contributed by atoms with Crippen molar-refractivity contribution in [3.05, 3.63) is 35.4 Å². The van der Waals surface area contributed by atoms with E-state index in [1.165, 1.54) is 12.1 Å². The summed E-state index contributed by atoms with van der Waals surface area (Å²) in [5.41, 5.74) is -0.559. The van der Waals surface area contributed by atoms with Gasteiger partial charge in [-0.05, 0) is 37.0 Å². The molecule has 0 spiro atoms. The summed E-state index contributed by atoms with van der Waals surface area (Å²) in [5.74, 6) is -0.148. The third-order valence-corrected chi connectivity index (χ3v) is 4.40. The second-order valence-electron chi connectivity index (χ2n) is 6.27. The van der Waals surface area contributed by atoms with E-state index < -0.39 is 23.2 Å². The molecular formula is C16H17F3N2O3. The summed E-state index contributed by atoms with van der Waals surface area (Å²) in [5, 5.41) is 5.27. The van der Waals surface area contributed by atoms with Gasteiger partial charge in [0.1, 0.15) is 6.10 Å². The lowest BCUT2D eigenvalue weighted by Crippen LogP contribution is -2.39. The van der Waals surface area contributed by atoms with Crippen molar-refractivity contribution >= 4 is 12.0 Å². The van der Waals surface area contributed by atoms with Gasteiger partial charge >= 0.3 is 12.3 Å². The molecule has 1 unspecified atom stereocenters. The first-order chi connectivity index (χ1) is 11.3. The van der Waals surface area contributed by atoms with Crippen LogP contribution in [0, 0.1) is 5.41 Å². The Kier molecular flexibility index (Phi) is 4.15. The fraction of sp³-hybridized carbons (Fsp3) is 0.500. The topological polar surface area (TPSA) is 67.4 Å². The third-order valence-electron chi connectivity index (χ3n) is 4.40. The molecule has 1 saturated carbocycles. The van der Waals surface area contributed by atoms with Crippen LogP contribution >= 0.6 is 0 Å². The zero-order chi connectivity index (χ0) is 17.4. The molecule has 2 N–H and O–H groups in total. The predicted molar refractivity (Wildman–Crippen MR) is 78.1 cm³/mol. The smallest absolute Gasteiger partial charge is 0.416 e. The van der Waals surface area contributed by atoms with Crippen molar-refractivity contribution in [3.8, 4) is 0 Å². The number of benzene rings is 1.